The molecule has 3 aromatic rings. The van der Waals surface area contributed by atoms with Crippen LogP contribution in [-0.4, -0.2) is 29.8 Å². The van der Waals surface area contributed by atoms with Crippen molar-refractivity contribution in [3.8, 4) is 5.75 Å². The Morgan fingerprint density at radius 1 is 0.879 bits per heavy atom. The van der Waals surface area contributed by atoms with Crippen LogP contribution in [0.1, 0.15) is 34.3 Å². The van der Waals surface area contributed by atoms with Crippen molar-refractivity contribution in [2.45, 2.75) is 26.0 Å². The first-order valence-electron chi connectivity index (χ1n) is 11.2. The summed E-state index contributed by atoms with van der Waals surface area (Å²) in [7, 11) is 0. The Labute approximate surface area is 199 Å². The third kappa shape index (κ3) is 6.14. The van der Waals surface area contributed by atoms with Gasteiger partial charge in [-0.15, -0.1) is 0 Å². The highest BCUT2D eigenvalue weighted by atomic mass is 35.5. The molecular formula is C27H27ClN2O3. The van der Waals surface area contributed by atoms with Crippen LogP contribution >= 0.6 is 11.6 Å². The molecule has 3 aromatic carbocycles. The molecule has 0 aromatic heterocycles. The lowest BCUT2D eigenvalue weighted by atomic mass is 9.95. The predicted octanol–water partition coefficient (Wildman–Crippen LogP) is 5.09. The first-order valence-corrected chi connectivity index (χ1v) is 11.5. The minimum absolute atomic E-state index is 0.0159. The summed E-state index contributed by atoms with van der Waals surface area (Å²) in [5.41, 5.74) is 2.71. The van der Waals surface area contributed by atoms with E-state index in [0.29, 0.717) is 49.7 Å². The Hall–Kier alpha value is -3.31. The Morgan fingerprint density at radius 3 is 2.21 bits per heavy atom. The zero-order valence-electron chi connectivity index (χ0n) is 18.4. The summed E-state index contributed by atoms with van der Waals surface area (Å²) in [6, 6.07) is 24.6. The molecule has 6 heteroatoms. The molecule has 0 bridgehead atoms. The maximum atomic E-state index is 12.8. The van der Waals surface area contributed by atoms with Crippen LogP contribution in [0.5, 0.6) is 5.75 Å². The summed E-state index contributed by atoms with van der Waals surface area (Å²) in [5.74, 6) is 0.744. The van der Waals surface area contributed by atoms with Crippen LogP contribution < -0.4 is 10.1 Å². The molecule has 170 valence electrons. The lowest BCUT2D eigenvalue weighted by molar-refractivity contribution is -0.126. The zero-order valence-corrected chi connectivity index (χ0v) is 19.1. The quantitative estimate of drug-likeness (QED) is 0.532. The third-order valence-electron chi connectivity index (χ3n) is 5.95. The molecule has 2 amide bonds. The smallest absolute Gasteiger partial charge is 0.253 e. The summed E-state index contributed by atoms with van der Waals surface area (Å²) in [4.78, 5) is 27.3. The van der Waals surface area contributed by atoms with Gasteiger partial charge < -0.3 is 15.0 Å². The second kappa shape index (κ2) is 11.0. The minimum Gasteiger partial charge on any atom is -0.489 e. The van der Waals surface area contributed by atoms with Gasteiger partial charge in [-0.3, -0.25) is 9.59 Å². The van der Waals surface area contributed by atoms with E-state index in [1.54, 1.807) is 24.3 Å². The number of benzene rings is 3. The van der Waals surface area contributed by atoms with Gasteiger partial charge in [-0.2, -0.15) is 0 Å². The van der Waals surface area contributed by atoms with Gasteiger partial charge in [0.1, 0.15) is 12.4 Å². The van der Waals surface area contributed by atoms with Gasteiger partial charge in [0.2, 0.25) is 5.91 Å². The van der Waals surface area contributed by atoms with E-state index in [2.05, 4.69) is 5.32 Å². The summed E-state index contributed by atoms with van der Waals surface area (Å²) < 4.78 is 5.88. The molecular weight excluding hydrogens is 436 g/mol. The topological polar surface area (TPSA) is 58.6 Å². The number of likely N-dealkylation sites (tertiary alicyclic amines) is 1. The van der Waals surface area contributed by atoms with E-state index < -0.39 is 0 Å². The van der Waals surface area contributed by atoms with Crippen molar-refractivity contribution < 1.29 is 14.3 Å². The molecule has 1 aliphatic heterocycles. The summed E-state index contributed by atoms with van der Waals surface area (Å²) >= 11 is 5.91. The fourth-order valence-corrected chi connectivity index (χ4v) is 4.12. The number of nitrogens with one attached hydrogen (secondary N) is 1. The lowest BCUT2D eigenvalue weighted by Gasteiger charge is -2.31. The fraction of sp³-hybridized carbons (Fsp3) is 0.259. The monoisotopic (exact) mass is 462 g/mol. The Morgan fingerprint density at radius 2 is 1.52 bits per heavy atom. The molecule has 1 fully saturated rings. The molecule has 0 saturated carbocycles. The SMILES string of the molecule is O=C(NCc1ccccc1COc1ccccc1)C1CCN(C(=O)c2ccc(Cl)cc2)CC1. The van der Waals surface area contributed by atoms with Gasteiger partial charge in [0.05, 0.1) is 0 Å². The normalized spacial score (nSPS) is 14.0. The van der Waals surface area contributed by atoms with Crippen LogP contribution in [0.15, 0.2) is 78.9 Å². The third-order valence-corrected chi connectivity index (χ3v) is 6.21. The number of nitrogens with zero attached hydrogens (tertiary/aromatic N) is 1. The van der Waals surface area contributed by atoms with E-state index >= 15 is 0 Å². The number of hydrogen-bond acceptors (Lipinski definition) is 3. The molecule has 1 heterocycles. The molecule has 33 heavy (non-hydrogen) atoms. The molecule has 4 rings (SSSR count). The largest absolute Gasteiger partial charge is 0.489 e. The lowest BCUT2D eigenvalue weighted by Crippen LogP contribution is -2.43. The molecule has 5 nitrogen and oxygen atoms in total. The first kappa shape index (κ1) is 22.9. The van der Waals surface area contributed by atoms with Crippen LogP contribution in [-0.2, 0) is 17.9 Å². The zero-order chi connectivity index (χ0) is 23.0. The van der Waals surface area contributed by atoms with Crippen molar-refractivity contribution in [1.29, 1.82) is 0 Å². The van der Waals surface area contributed by atoms with Gasteiger partial charge in [-0.05, 0) is 60.4 Å². The maximum absolute atomic E-state index is 12.8. The molecule has 1 saturated heterocycles. The van der Waals surface area contributed by atoms with Gasteiger partial charge in [0.15, 0.2) is 0 Å². The molecule has 1 N–H and O–H groups in total. The highest BCUT2D eigenvalue weighted by Crippen LogP contribution is 2.21. The second-order valence-electron chi connectivity index (χ2n) is 8.16. The number of hydrogen-bond donors (Lipinski definition) is 1. The number of piperidine rings is 1. The minimum atomic E-state index is -0.0907. The maximum Gasteiger partial charge on any atom is 0.253 e. The number of rotatable bonds is 7. The number of carbonyl (C=O) groups excluding carboxylic acids is 2. The van der Waals surface area contributed by atoms with E-state index in [4.69, 9.17) is 16.3 Å². The van der Waals surface area contributed by atoms with Gasteiger partial charge in [-0.25, -0.2) is 0 Å². The van der Waals surface area contributed by atoms with Gasteiger partial charge in [-0.1, -0.05) is 54.1 Å². The van der Waals surface area contributed by atoms with Crippen molar-refractivity contribution in [3.63, 3.8) is 0 Å². The highest BCUT2D eigenvalue weighted by Gasteiger charge is 2.27. The number of amides is 2. The van der Waals surface area contributed by atoms with E-state index in [0.717, 1.165) is 16.9 Å². The molecule has 1 aliphatic rings. The average Bonchev–Trinajstić information content (AvgIpc) is 2.87. The molecule has 0 radical (unpaired) electrons. The van der Waals surface area contributed by atoms with Gasteiger partial charge >= 0.3 is 0 Å². The molecule has 0 aliphatic carbocycles. The van der Waals surface area contributed by atoms with E-state index in [1.165, 1.54) is 0 Å². The van der Waals surface area contributed by atoms with Crippen LogP contribution in [0.3, 0.4) is 0 Å². The summed E-state index contributed by atoms with van der Waals surface area (Å²) in [6.07, 6.45) is 1.31. The van der Waals surface area contributed by atoms with E-state index in [-0.39, 0.29) is 17.7 Å². The van der Waals surface area contributed by atoms with Gasteiger partial charge in [0, 0.05) is 36.1 Å². The summed E-state index contributed by atoms with van der Waals surface area (Å²) in [6.45, 7) is 2.04. The average molecular weight is 463 g/mol. The molecule has 0 unspecified atom stereocenters. The van der Waals surface area contributed by atoms with Crippen molar-refractivity contribution >= 4 is 23.4 Å². The number of ether oxygens (including phenoxy) is 1. The van der Waals surface area contributed by atoms with Crippen LogP contribution in [0.2, 0.25) is 5.02 Å². The van der Waals surface area contributed by atoms with Gasteiger partial charge in [0.25, 0.3) is 5.91 Å². The summed E-state index contributed by atoms with van der Waals surface area (Å²) in [5, 5.41) is 3.68. The highest BCUT2D eigenvalue weighted by molar-refractivity contribution is 6.30. The van der Waals surface area contributed by atoms with Crippen LogP contribution in [0.25, 0.3) is 0 Å². The number of halogens is 1. The van der Waals surface area contributed by atoms with Crippen LogP contribution in [0, 0.1) is 5.92 Å². The standard InChI is InChI=1S/C27H27ClN2O3/c28-24-12-10-21(11-13-24)27(32)30-16-14-20(15-17-30)26(31)29-18-22-6-4-5-7-23(22)19-33-25-8-2-1-3-9-25/h1-13,20H,14-19H2,(H,29,31). The van der Waals surface area contributed by atoms with Crippen molar-refractivity contribution in [2.24, 2.45) is 5.92 Å². The van der Waals surface area contributed by atoms with E-state index in [1.807, 2.05) is 59.5 Å². The Balaban J connectivity index is 1.27. The predicted molar refractivity (Wildman–Crippen MR) is 129 cm³/mol. The van der Waals surface area contributed by atoms with Crippen LogP contribution in [0.4, 0.5) is 0 Å². The Bertz CT molecular complexity index is 1080. The molecule has 0 atom stereocenters. The fourth-order valence-electron chi connectivity index (χ4n) is 4.00. The second-order valence-corrected chi connectivity index (χ2v) is 8.60. The first-order chi connectivity index (χ1) is 16.1. The Kier molecular flexibility index (Phi) is 7.63. The van der Waals surface area contributed by atoms with E-state index in [9.17, 15) is 9.59 Å². The molecule has 0 spiro atoms. The number of para-hydroxylation sites is 1. The number of carbonyl (C=O) groups is 2. The van der Waals surface area contributed by atoms with Crippen molar-refractivity contribution in [2.75, 3.05) is 13.1 Å². The van der Waals surface area contributed by atoms with Crippen molar-refractivity contribution in [1.82, 2.24) is 10.2 Å². The van der Waals surface area contributed by atoms with Crippen molar-refractivity contribution in [3.05, 3.63) is 101 Å².